The first-order valence-corrected chi connectivity index (χ1v) is 8.55. The molecule has 1 heterocycles. The van der Waals surface area contributed by atoms with E-state index in [-0.39, 0.29) is 0 Å². The fraction of sp³-hybridized carbons (Fsp3) is 0.600. The van der Waals surface area contributed by atoms with Crippen LogP contribution in [0.5, 0.6) is 0 Å². The van der Waals surface area contributed by atoms with Crippen LogP contribution >= 0.6 is 0 Å². The van der Waals surface area contributed by atoms with Crippen molar-refractivity contribution in [1.29, 1.82) is 0 Å². The topological polar surface area (TPSA) is 63.4 Å². The molecule has 1 saturated heterocycles. The highest BCUT2D eigenvalue weighted by Crippen LogP contribution is 2.33. The molecule has 112 valence electrons. The van der Waals surface area contributed by atoms with E-state index in [1.165, 1.54) is 0 Å². The first-order valence-electron chi connectivity index (χ1n) is 7.11. The lowest BCUT2D eigenvalue weighted by molar-refractivity contribution is 0.388. The lowest BCUT2D eigenvalue weighted by Gasteiger charge is -2.21. The predicted octanol–water partition coefficient (Wildman–Crippen LogP) is 2.55. The lowest BCUT2D eigenvalue weighted by Crippen LogP contribution is -2.30. The summed E-state index contributed by atoms with van der Waals surface area (Å²) in [7, 11) is -3.48. The van der Waals surface area contributed by atoms with Crippen molar-refractivity contribution < 1.29 is 8.42 Å². The SMILES string of the molecule is Cc1ccc(N)c(S(=O)(=O)N2CCC(C(C)C)C2)c1C. The van der Waals surface area contributed by atoms with Crippen LogP contribution in [0, 0.1) is 25.7 Å². The summed E-state index contributed by atoms with van der Waals surface area (Å²) in [6, 6.07) is 3.55. The predicted molar refractivity (Wildman–Crippen MR) is 82.0 cm³/mol. The van der Waals surface area contributed by atoms with Crippen LogP contribution in [-0.2, 0) is 10.0 Å². The highest BCUT2D eigenvalue weighted by molar-refractivity contribution is 7.89. The fourth-order valence-corrected chi connectivity index (χ4v) is 4.70. The number of nitrogens with two attached hydrogens (primary N) is 1. The average Bonchev–Trinajstić information content (AvgIpc) is 2.84. The standard InChI is InChI=1S/C15H24N2O2S/c1-10(2)13-7-8-17(9-13)20(18,19)15-12(4)11(3)5-6-14(15)16/h5-6,10,13H,7-9,16H2,1-4H3. The minimum absolute atomic E-state index is 0.293. The number of sulfonamides is 1. The number of benzene rings is 1. The Morgan fingerprint density at radius 1 is 1.30 bits per heavy atom. The zero-order valence-corrected chi connectivity index (χ0v) is 13.5. The van der Waals surface area contributed by atoms with Gasteiger partial charge < -0.3 is 5.73 Å². The van der Waals surface area contributed by atoms with Crippen molar-refractivity contribution in [1.82, 2.24) is 4.31 Å². The molecule has 0 spiro atoms. The normalized spacial score (nSPS) is 20.8. The third-order valence-corrected chi connectivity index (χ3v) is 6.50. The van der Waals surface area contributed by atoms with Crippen molar-refractivity contribution in [2.24, 2.45) is 11.8 Å². The molecule has 1 fully saturated rings. The van der Waals surface area contributed by atoms with Gasteiger partial charge in [0.15, 0.2) is 0 Å². The van der Waals surface area contributed by atoms with Gasteiger partial charge in [-0.15, -0.1) is 0 Å². The molecule has 0 radical (unpaired) electrons. The number of anilines is 1. The molecule has 1 aromatic rings. The van der Waals surface area contributed by atoms with Gasteiger partial charge >= 0.3 is 0 Å². The third kappa shape index (κ3) is 2.56. The molecule has 0 saturated carbocycles. The third-order valence-electron chi connectivity index (χ3n) is 4.44. The smallest absolute Gasteiger partial charge is 0.245 e. The molecule has 1 unspecified atom stereocenters. The van der Waals surface area contributed by atoms with E-state index in [1.807, 2.05) is 19.9 Å². The van der Waals surface area contributed by atoms with Crippen LogP contribution < -0.4 is 5.73 Å². The maximum absolute atomic E-state index is 12.8. The van der Waals surface area contributed by atoms with Crippen molar-refractivity contribution in [2.75, 3.05) is 18.8 Å². The van der Waals surface area contributed by atoms with Gasteiger partial charge in [-0.05, 0) is 49.3 Å². The first kappa shape index (κ1) is 15.3. The van der Waals surface area contributed by atoms with Gasteiger partial charge in [0.05, 0.1) is 5.69 Å². The summed E-state index contributed by atoms with van der Waals surface area (Å²) in [4.78, 5) is 0.293. The minimum Gasteiger partial charge on any atom is -0.398 e. The molecule has 0 bridgehead atoms. The summed E-state index contributed by atoms with van der Waals surface area (Å²) >= 11 is 0. The van der Waals surface area contributed by atoms with Crippen molar-refractivity contribution in [3.05, 3.63) is 23.3 Å². The highest BCUT2D eigenvalue weighted by atomic mass is 32.2. The van der Waals surface area contributed by atoms with Crippen molar-refractivity contribution in [2.45, 2.75) is 39.0 Å². The Bertz CT molecular complexity index is 609. The number of hydrogen-bond acceptors (Lipinski definition) is 3. The number of nitrogens with zero attached hydrogens (tertiary/aromatic N) is 1. The second kappa shape index (κ2) is 5.37. The Kier molecular flexibility index (Phi) is 4.12. The molecule has 1 aromatic carbocycles. The number of rotatable bonds is 3. The van der Waals surface area contributed by atoms with E-state index in [0.717, 1.165) is 17.5 Å². The van der Waals surface area contributed by atoms with Crippen LogP contribution in [0.25, 0.3) is 0 Å². The van der Waals surface area contributed by atoms with E-state index in [4.69, 9.17) is 5.73 Å². The van der Waals surface area contributed by atoms with Crippen molar-refractivity contribution in [3.63, 3.8) is 0 Å². The highest BCUT2D eigenvalue weighted by Gasteiger charge is 2.35. The molecule has 0 aromatic heterocycles. The van der Waals surface area contributed by atoms with Crippen molar-refractivity contribution in [3.8, 4) is 0 Å². The maximum Gasteiger partial charge on any atom is 0.245 e. The average molecular weight is 296 g/mol. The molecule has 2 rings (SSSR count). The van der Waals surface area contributed by atoms with Crippen LogP contribution in [-0.4, -0.2) is 25.8 Å². The number of aryl methyl sites for hydroxylation is 1. The summed E-state index contributed by atoms with van der Waals surface area (Å²) in [5.74, 6) is 0.947. The zero-order valence-electron chi connectivity index (χ0n) is 12.7. The Balaban J connectivity index is 2.40. The van der Waals surface area contributed by atoms with Crippen LogP contribution in [0.1, 0.15) is 31.4 Å². The van der Waals surface area contributed by atoms with Gasteiger partial charge in [-0.2, -0.15) is 4.31 Å². The van der Waals surface area contributed by atoms with Crippen LogP contribution in [0.2, 0.25) is 0 Å². The molecular weight excluding hydrogens is 272 g/mol. The second-order valence-electron chi connectivity index (χ2n) is 6.08. The Hall–Kier alpha value is -1.07. The summed E-state index contributed by atoms with van der Waals surface area (Å²) in [6.07, 6.45) is 0.932. The first-order chi connectivity index (χ1) is 9.25. The molecule has 0 aliphatic carbocycles. The minimum atomic E-state index is -3.48. The Morgan fingerprint density at radius 3 is 2.50 bits per heavy atom. The van der Waals surface area contributed by atoms with E-state index < -0.39 is 10.0 Å². The van der Waals surface area contributed by atoms with E-state index in [9.17, 15) is 8.42 Å². The monoisotopic (exact) mass is 296 g/mol. The zero-order chi connectivity index (χ0) is 15.1. The largest absolute Gasteiger partial charge is 0.398 e. The van der Waals surface area contributed by atoms with Gasteiger partial charge in [0, 0.05) is 13.1 Å². The molecular formula is C15H24N2O2S. The van der Waals surface area contributed by atoms with Gasteiger partial charge in [0.2, 0.25) is 10.0 Å². The maximum atomic E-state index is 12.8. The molecule has 1 atom stereocenters. The molecule has 20 heavy (non-hydrogen) atoms. The van der Waals surface area contributed by atoms with Crippen LogP contribution in [0.3, 0.4) is 0 Å². The van der Waals surface area contributed by atoms with E-state index in [1.54, 1.807) is 10.4 Å². The van der Waals surface area contributed by atoms with Gasteiger partial charge in [0.1, 0.15) is 4.90 Å². The molecule has 4 nitrogen and oxygen atoms in total. The molecule has 1 aliphatic rings. The van der Waals surface area contributed by atoms with Crippen molar-refractivity contribution >= 4 is 15.7 Å². The molecule has 1 aliphatic heterocycles. The number of nitrogen functional groups attached to an aromatic ring is 1. The number of hydrogen-bond donors (Lipinski definition) is 1. The quantitative estimate of drug-likeness (QED) is 0.872. The summed E-state index contributed by atoms with van der Waals surface area (Å²) in [6.45, 7) is 9.23. The molecule has 5 heteroatoms. The molecule has 0 amide bonds. The summed E-state index contributed by atoms with van der Waals surface area (Å²) in [5.41, 5.74) is 8.00. The van der Waals surface area contributed by atoms with Gasteiger partial charge in [0.25, 0.3) is 0 Å². The summed E-state index contributed by atoms with van der Waals surface area (Å²) in [5, 5.41) is 0. The Morgan fingerprint density at radius 2 is 1.95 bits per heavy atom. The van der Waals surface area contributed by atoms with E-state index in [2.05, 4.69) is 13.8 Å². The van der Waals surface area contributed by atoms with Crippen LogP contribution in [0.4, 0.5) is 5.69 Å². The molecule has 2 N–H and O–H groups in total. The van der Waals surface area contributed by atoms with E-state index >= 15 is 0 Å². The Labute approximate surface area is 122 Å². The second-order valence-corrected chi connectivity index (χ2v) is 7.96. The fourth-order valence-electron chi connectivity index (χ4n) is 2.80. The summed E-state index contributed by atoms with van der Waals surface area (Å²) < 4.78 is 27.3. The van der Waals surface area contributed by atoms with Crippen LogP contribution in [0.15, 0.2) is 17.0 Å². The van der Waals surface area contributed by atoms with Gasteiger partial charge in [-0.1, -0.05) is 19.9 Å². The van der Waals surface area contributed by atoms with E-state index in [0.29, 0.717) is 35.5 Å². The van der Waals surface area contributed by atoms with Gasteiger partial charge in [-0.25, -0.2) is 8.42 Å². The van der Waals surface area contributed by atoms with Gasteiger partial charge in [-0.3, -0.25) is 0 Å². The lowest BCUT2D eigenvalue weighted by atomic mass is 9.96.